The highest BCUT2D eigenvalue weighted by Gasteiger charge is 2.04. The third-order valence-electron chi connectivity index (χ3n) is 2.18. The van der Waals surface area contributed by atoms with E-state index in [9.17, 15) is 4.79 Å². The van der Waals surface area contributed by atoms with Gasteiger partial charge in [0.25, 0.3) is 0 Å². The molecule has 0 atom stereocenters. The molecule has 1 N–H and O–H groups in total. The fourth-order valence-corrected chi connectivity index (χ4v) is 1.35. The summed E-state index contributed by atoms with van der Waals surface area (Å²) in [5, 5.41) is 2.73. The summed E-state index contributed by atoms with van der Waals surface area (Å²) in [7, 11) is 4.65. The van der Waals surface area contributed by atoms with Crippen molar-refractivity contribution in [1.29, 1.82) is 0 Å². The molecule has 0 aliphatic carbocycles. The third-order valence-corrected chi connectivity index (χ3v) is 2.18. The lowest BCUT2D eigenvalue weighted by Crippen LogP contribution is -2.26. The number of carbonyl (C=O) groups excluding carboxylic acids is 1. The Morgan fingerprint density at radius 3 is 2.18 bits per heavy atom. The van der Waals surface area contributed by atoms with Crippen LogP contribution in [0.25, 0.3) is 0 Å². The van der Waals surface area contributed by atoms with Crippen LogP contribution in [0.2, 0.25) is 0 Å². The van der Waals surface area contributed by atoms with Crippen LogP contribution in [-0.4, -0.2) is 33.8 Å². The van der Waals surface area contributed by atoms with E-state index in [0.717, 1.165) is 5.56 Å². The van der Waals surface area contributed by atoms with Crippen molar-refractivity contribution in [2.75, 3.05) is 27.9 Å². The molecule has 17 heavy (non-hydrogen) atoms. The molecule has 1 amide bonds. The molecule has 0 saturated heterocycles. The molecule has 0 aliphatic heterocycles. The molecule has 0 fully saturated rings. The smallest absolute Gasteiger partial charge is 0.246 e. The first-order valence-electron chi connectivity index (χ1n) is 5.17. The lowest BCUT2D eigenvalue weighted by molar-refractivity contribution is -0.124. The van der Waals surface area contributed by atoms with E-state index < -0.39 is 0 Å². The van der Waals surface area contributed by atoms with Gasteiger partial charge in [-0.1, -0.05) is 0 Å². The van der Waals surface area contributed by atoms with Crippen LogP contribution in [-0.2, 0) is 16.1 Å². The van der Waals surface area contributed by atoms with E-state index >= 15 is 0 Å². The fourth-order valence-electron chi connectivity index (χ4n) is 1.35. The number of methoxy groups -OCH3 is 3. The molecule has 0 aliphatic rings. The maximum Gasteiger partial charge on any atom is 0.246 e. The molecule has 0 bridgehead atoms. The van der Waals surface area contributed by atoms with Crippen LogP contribution in [0.15, 0.2) is 18.2 Å². The Hall–Kier alpha value is -1.75. The van der Waals surface area contributed by atoms with Crippen LogP contribution in [0.3, 0.4) is 0 Å². The highest BCUT2D eigenvalue weighted by molar-refractivity contribution is 5.77. The number of benzene rings is 1. The molecule has 5 nitrogen and oxygen atoms in total. The van der Waals surface area contributed by atoms with E-state index in [-0.39, 0.29) is 12.5 Å². The summed E-state index contributed by atoms with van der Waals surface area (Å²) >= 11 is 0. The maximum atomic E-state index is 11.2. The molecule has 0 aromatic heterocycles. The van der Waals surface area contributed by atoms with Crippen molar-refractivity contribution >= 4 is 5.91 Å². The number of hydrogen-bond donors (Lipinski definition) is 1. The molecule has 1 aromatic rings. The molecular weight excluding hydrogens is 222 g/mol. The summed E-state index contributed by atoms with van der Waals surface area (Å²) in [6, 6.07) is 5.46. The first kappa shape index (κ1) is 13.3. The molecule has 1 aromatic carbocycles. The summed E-state index contributed by atoms with van der Waals surface area (Å²) in [5.74, 6) is 1.23. The first-order chi connectivity index (χ1) is 8.19. The summed E-state index contributed by atoms with van der Waals surface area (Å²) in [5.41, 5.74) is 0.908. The van der Waals surface area contributed by atoms with Crippen molar-refractivity contribution in [3.8, 4) is 11.5 Å². The van der Waals surface area contributed by atoms with Gasteiger partial charge in [0.15, 0.2) is 0 Å². The molecule has 1 rings (SSSR count). The number of amides is 1. The Balaban J connectivity index is 2.66. The zero-order valence-electron chi connectivity index (χ0n) is 10.3. The maximum absolute atomic E-state index is 11.2. The number of hydrogen-bond acceptors (Lipinski definition) is 4. The van der Waals surface area contributed by atoms with Gasteiger partial charge in [-0.15, -0.1) is 0 Å². The van der Waals surface area contributed by atoms with Crippen molar-refractivity contribution in [2.45, 2.75) is 6.54 Å². The van der Waals surface area contributed by atoms with Crippen LogP contribution in [0.1, 0.15) is 5.56 Å². The van der Waals surface area contributed by atoms with Gasteiger partial charge in [-0.25, -0.2) is 0 Å². The van der Waals surface area contributed by atoms with Crippen molar-refractivity contribution in [3.05, 3.63) is 23.8 Å². The minimum atomic E-state index is -0.158. The van der Waals surface area contributed by atoms with Crippen molar-refractivity contribution in [2.24, 2.45) is 0 Å². The van der Waals surface area contributed by atoms with Gasteiger partial charge in [0.2, 0.25) is 5.91 Å². The molecule has 94 valence electrons. The molecule has 0 radical (unpaired) electrons. The predicted molar refractivity (Wildman–Crippen MR) is 63.3 cm³/mol. The molecule has 0 saturated carbocycles. The van der Waals surface area contributed by atoms with Gasteiger partial charge in [-0.2, -0.15) is 0 Å². The van der Waals surface area contributed by atoms with E-state index in [1.165, 1.54) is 7.11 Å². The minimum absolute atomic E-state index is 0.0567. The normalized spacial score (nSPS) is 9.82. The Bertz CT molecular complexity index is 357. The molecule has 0 heterocycles. The van der Waals surface area contributed by atoms with Crippen LogP contribution in [0.4, 0.5) is 0 Å². The lowest BCUT2D eigenvalue weighted by Gasteiger charge is -2.09. The molecule has 0 unspecified atom stereocenters. The largest absolute Gasteiger partial charge is 0.497 e. The van der Waals surface area contributed by atoms with Gasteiger partial charge in [-0.3, -0.25) is 4.79 Å². The zero-order valence-corrected chi connectivity index (χ0v) is 10.3. The average molecular weight is 239 g/mol. The molecular formula is C12H17NO4. The van der Waals surface area contributed by atoms with Crippen LogP contribution in [0.5, 0.6) is 11.5 Å². The second-order valence-corrected chi connectivity index (χ2v) is 3.43. The molecule has 0 spiro atoms. The van der Waals surface area contributed by atoms with E-state index in [4.69, 9.17) is 14.2 Å². The summed E-state index contributed by atoms with van der Waals surface area (Å²) in [6.07, 6.45) is 0. The highest BCUT2D eigenvalue weighted by Crippen LogP contribution is 2.22. The highest BCUT2D eigenvalue weighted by atomic mass is 16.5. The number of rotatable bonds is 6. The van der Waals surface area contributed by atoms with Crippen molar-refractivity contribution < 1.29 is 19.0 Å². The predicted octanol–water partition coefficient (Wildman–Crippen LogP) is 0.966. The first-order valence-corrected chi connectivity index (χ1v) is 5.17. The standard InChI is InChI=1S/C12H17NO4/c1-15-8-12(14)13-7-9-4-10(16-2)6-11(5-9)17-3/h4-6H,7-8H2,1-3H3,(H,13,14). The van der Waals surface area contributed by atoms with Gasteiger partial charge in [-0.05, 0) is 17.7 Å². The monoisotopic (exact) mass is 239 g/mol. The third kappa shape index (κ3) is 4.32. The summed E-state index contributed by atoms with van der Waals surface area (Å²) < 4.78 is 15.0. The Kier molecular flexibility index (Phi) is 5.29. The summed E-state index contributed by atoms with van der Waals surface area (Å²) in [6.45, 7) is 0.469. The fraction of sp³-hybridized carbons (Fsp3) is 0.417. The van der Waals surface area contributed by atoms with Crippen LogP contribution in [0, 0.1) is 0 Å². The van der Waals surface area contributed by atoms with Crippen molar-refractivity contribution in [3.63, 3.8) is 0 Å². The second kappa shape index (κ2) is 6.75. The van der Waals surface area contributed by atoms with E-state index in [1.807, 2.05) is 12.1 Å². The lowest BCUT2D eigenvalue weighted by atomic mass is 10.2. The van der Waals surface area contributed by atoms with E-state index in [1.54, 1.807) is 20.3 Å². The average Bonchev–Trinajstić information content (AvgIpc) is 2.36. The van der Waals surface area contributed by atoms with Gasteiger partial charge < -0.3 is 19.5 Å². The quantitative estimate of drug-likeness (QED) is 0.803. The Morgan fingerprint density at radius 2 is 1.71 bits per heavy atom. The van der Waals surface area contributed by atoms with Crippen LogP contribution >= 0.6 is 0 Å². The Labute approximate surface area is 101 Å². The number of ether oxygens (including phenoxy) is 3. The minimum Gasteiger partial charge on any atom is -0.497 e. The van der Waals surface area contributed by atoms with Crippen molar-refractivity contribution in [1.82, 2.24) is 5.32 Å². The van der Waals surface area contributed by atoms with E-state index in [2.05, 4.69) is 5.32 Å². The second-order valence-electron chi connectivity index (χ2n) is 3.43. The summed E-state index contributed by atoms with van der Waals surface area (Å²) in [4.78, 5) is 11.2. The van der Waals surface area contributed by atoms with Gasteiger partial charge in [0.05, 0.1) is 14.2 Å². The zero-order chi connectivity index (χ0) is 12.7. The number of nitrogens with one attached hydrogen (secondary N) is 1. The molecule has 5 heteroatoms. The van der Waals surface area contributed by atoms with Crippen LogP contribution < -0.4 is 14.8 Å². The SMILES string of the molecule is COCC(=O)NCc1cc(OC)cc(OC)c1. The van der Waals surface area contributed by atoms with Gasteiger partial charge in [0, 0.05) is 19.7 Å². The van der Waals surface area contributed by atoms with E-state index in [0.29, 0.717) is 18.0 Å². The van der Waals surface area contributed by atoms with Gasteiger partial charge >= 0.3 is 0 Å². The number of carbonyl (C=O) groups is 1. The topological polar surface area (TPSA) is 56.8 Å². The Morgan fingerprint density at radius 1 is 1.12 bits per heavy atom. The van der Waals surface area contributed by atoms with Gasteiger partial charge in [0.1, 0.15) is 18.1 Å².